The third-order valence-corrected chi connectivity index (χ3v) is 4.09. The maximum atomic E-state index is 12.9. The Kier molecular flexibility index (Phi) is 7.06. The van der Waals surface area contributed by atoms with E-state index in [9.17, 15) is 18.0 Å². The lowest BCUT2D eigenvalue weighted by atomic mass is 10.0. The monoisotopic (exact) mass is 385 g/mol. The number of rotatable bonds is 7. The van der Waals surface area contributed by atoms with Crippen LogP contribution >= 0.6 is 11.6 Å². The van der Waals surface area contributed by atoms with E-state index < -0.39 is 17.8 Å². The number of amides is 1. The number of nitrogens with one attached hydrogen (secondary N) is 1. The largest absolute Gasteiger partial charge is 0.416 e. The first kappa shape index (κ1) is 20.3. The average molecular weight is 386 g/mol. The first-order valence-electron chi connectivity index (χ1n) is 7.99. The average Bonchev–Trinajstić information content (AvgIpc) is 2.60. The van der Waals surface area contributed by atoms with Crippen LogP contribution in [0.4, 0.5) is 13.2 Å². The lowest BCUT2D eigenvalue weighted by Crippen LogP contribution is -2.31. The highest BCUT2D eigenvalue weighted by Crippen LogP contribution is 2.30. The van der Waals surface area contributed by atoms with Gasteiger partial charge in [0.05, 0.1) is 18.2 Å². The van der Waals surface area contributed by atoms with Gasteiger partial charge in [-0.05, 0) is 41.8 Å². The molecule has 0 fully saturated rings. The number of hydrogen-bond donors (Lipinski definition) is 1. The standard InChI is InChI=1S/C19H19ClF3NO2/c1-26-12-17(14-3-2-4-15(11-14)19(21,22)23)24-18(25)10-7-13-5-8-16(20)9-6-13/h2-6,8-9,11,17H,7,10,12H2,1H3,(H,24,25). The van der Waals surface area contributed by atoms with Crippen LogP contribution in [0, 0.1) is 0 Å². The molecule has 2 aromatic carbocycles. The minimum atomic E-state index is -4.44. The number of ether oxygens (including phenoxy) is 1. The highest BCUT2D eigenvalue weighted by atomic mass is 35.5. The van der Waals surface area contributed by atoms with E-state index in [1.165, 1.54) is 13.2 Å². The van der Waals surface area contributed by atoms with Gasteiger partial charge in [-0.25, -0.2) is 0 Å². The van der Waals surface area contributed by atoms with Crippen LogP contribution in [-0.2, 0) is 22.1 Å². The fraction of sp³-hybridized carbons (Fsp3) is 0.316. The lowest BCUT2D eigenvalue weighted by molar-refractivity contribution is -0.137. The minimum absolute atomic E-state index is 0.0774. The second-order valence-electron chi connectivity index (χ2n) is 5.83. The summed E-state index contributed by atoms with van der Waals surface area (Å²) >= 11 is 5.82. The number of benzene rings is 2. The van der Waals surface area contributed by atoms with Gasteiger partial charge in [-0.1, -0.05) is 35.9 Å². The van der Waals surface area contributed by atoms with Gasteiger partial charge in [0.1, 0.15) is 0 Å². The summed E-state index contributed by atoms with van der Waals surface area (Å²) in [5.41, 5.74) is 0.542. The Morgan fingerprint density at radius 1 is 1.19 bits per heavy atom. The van der Waals surface area contributed by atoms with Gasteiger partial charge in [-0.3, -0.25) is 4.79 Å². The van der Waals surface area contributed by atoms with Crippen molar-refractivity contribution in [3.8, 4) is 0 Å². The maximum Gasteiger partial charge on any atom is 0.416 e. The fourth-order valence-corrected chi connectivity index (χ4v) is 2.62. The Hall–Kier alpha value is -2.05. The van der Waals surface area contributed by atoms with Crippen LogP contribution in [0.3, 0.4) is 0 Å². The molecule has 0 aliphatic rings. The maximum absolute atomic E-state index is 12.9. The second kappa shape index (κ2) is 9.05. The highest BCUT2D eigenvalue weighted by Gasteiger charge is 2.31. The van der Waals surface area contributed by atoms with Gasteiger partial charge in [0, 0.05) is 18.6 Å². The van der Waals surface area contributed by atoms with E-state index in [0.29, 0.717) is 17.0 Å². The molecule has 0 saturated carbocycles. The molecule has 0 radical (unpaired) electrons. The van der Waals surface area contributed by atoms with Gasteiger partial charge in [-0.15, -0.1) is 0 Å². The number of alkyl halides is 3. The molecule has 0 heterocycles. The zero-order valence-corrected chi connectivity index (χ0v) is 14.9. The third kappa shape index (κ3) is 6.04. The van der Waals surface area contributed by atoms with Crippen molar-refractivity contribution in [3.63, 3.8) is 0 Å². The van der Waals surface area contributed by atoms with Gasteiger partial charge < -0.3 is 10.1 Å². The van der Waals surface area contributed by atoms with Crippen molar-refractivity contribution in [2.75, 3.05) is 13.7 Å². The number of hydrogen-bond acceptors (Lipinski definition) is 2. The first-order chi connectivity index (χ1) is 12.3. The van der Waals surface area contributed by atoms with Gasteiger partial charge in [0.15, 0.2) is 0 Å². The van der Waals surface area contributed by atoms with E-state index in [2.05, 4.69) is 5.32 Å². The Bertz CT molecular complexity index is 732. The molecule has 0 aliphatic carbocycles. The molecule has 0 aromatic heterocycles. The predicted molar refractivity (Wildman–Crippen MR) is 94.0 cm³/mol. The van der Waals surface area contributed by atoms with Crippen molar-refractivity contribution in [3.05, 3.63) is 70.2 Å². The molecule has 1 atom stereocenters. The van der Waals surface area contributed by atoms with Gasteiger partial charge >= 0.3 is 6.18 Å². The summed E-state index contributed by atoms with van der Waals surface area (Å²) in [6.45, 7) is 0.0774. The first-order valence-corrected chi connectivity index (χ1v) is 8.37. The van der Waals surface area contributed by atoms with Crippen molar-refractivity contribution < 1.29 is 22.7 Å². The van der Waals surface area contributed by atoms with Crippen LogP contribution < -0.4 is 5.32 Å². The third-order valence-electron chi connectivity index (χ3n) is 3.84. The molecule has 1 N–H and O–H groups in total. The number of halogens is 4. The van der Waals surface area contributed by atoms with Crippen LogP contribution in [0.5, 0.6) is 0 Å². The molecule has 1 unspecified atom stereocenters. The molecule has 2 aromatic rings. The van der Waals surface area contributed by atoms with Crippen molar-refractivity contribution >= 4 is 17.5 Å². The Morgan fingerprint density at radius 2 is 1.88 bits per heavy atom. The van der Waals surface area contributed by atoms with Gasteiger partial charge in [0.2, 0.25) is 5.91 Å². The lowest BCUT2D eigenvalue weighted by Gasteiger charge is -2.20. The smallest absolute Gasteiger partial charge is 0.382 e. The zero-order chi connectivity index (χ0) is 19.2. The van der Waals surface area contributed by atoms with Crippen LogP contribution in [-0.4, -0.2) is 19.6 Å². The molecular formula is C19H19ClF3NO2. The molecule has 1 amide bonds. The SMILES string of the molecule is COCC(NC(=O)CCc1ccc(Cl)cc1)c1cccc(C(F)(F)F)c1. The highest BCUT2D eigenvalue weighted by molar-refractivity contribution is 6.30. The van der Waals surface area contributed by atoms with E-state index in [1.54, 1.807) is 18.2 Å². The number of carbonyl (C=O) groups excluding carboxylic acids is 1. The Morgan fingerprint density at radius 3 is 2.50 bits per heavy atom. The number of aryl methyl sites for hydroxylation is 1. The molecule has 0 bridgehead atoms. The summed E-state index contributed by atoms with van der Waals surface area (Å²) in [7, 11) is 1.43. The minimum Gasteiger partial charge on any atom is -0.382 e. The quantitative estimate of drug-likeness (QED) is 0.743. The van der Waals surface area contributed by atoms with Crippen molar-refractivity contribution in [1.29, 1.82) is 0 Å². The number of methoxy groups -OCH3 is 1. The Labute approximate surface area is 155 Å². The van der Waals surface area contributed by atoms with Crippen molar-refractivity contribution in [1.82, 2.24) is 5.32 Å². The van der Waals surface area contributed by atoms with Crippen molar-refractivity contribution in [2.45, 2.75) is 25.1 Å². The topological polar surface area (TPSA) is 38.3 Å². The van der Waals surface area contributed by atoms with E-state index in [1.807, 2.05) is 12.1 Å². The van der Waals surface area contributed by atoms with E-state index in [4.69, 9.17) is 16.3 Å². The summed E-state index contributed by atoms with van der Waals surface area (Å²) in [5, 5.41) is 3.35. The summed E-state index contributed by atoms with van der Waals surface area (Å²) in [4.78, 5) is 12.2. The second-order valence-corrected chi connectivity index (χ2v) is 6.26. The van der Waals surface area contributed by atoms with E-state index in [0.717, 1.165) is 17.7 Å². The van der Waals surface area contributed by atoms with Gasteiger partial charge in [-0.2, -0.15) is 13.2 Å². The molecule has 7 heteroatoms. The molecule has 140 valence electrons. The molecule has 2 rings (SSSR count). The van der Waals surface area contributed by atoms with Crippen LogP contribution in [0.2, 0.25) is 5.02 Å². The normalized spacial score (nSPS) is 12.7. The molecule has 0 saturated heterocycles. The zero-order valence-electron chi connectivity index (χ0n) is 14.1. The molecule has 0 aliphatic heterocycles. The van der Waals surface area contributed by atoms with E-state index >= 15 is 0 Å². The van der Waals surface area contributed by atoms with E-state index in [-0.39, 0.29) is 18.9 Å². The van der Waals surface area contributed by atoms with Crippen LogP contribution in [0.25, 0.3) is 0 Å². The number of carbonyl (C=O) groups is 1. The van der Waals surface area contributed by atoms with Crippen LogP contribution in [0.15, 0.2) is 48.5 Å². The van der Waals surface area contributed by atoms with Crippen LogP contribution in [0.1, 0.15) is 29.2 Å². The van der Waals surface area contributed by atoms with Crippen molar-refractivity contribution in [2.24, 2.45) is 0 Å². The summed E-state index contributed by atoms with van der Waals surface area (Å²) in [6, 6.07) is 11.4. The Balaban J connectivity index is 2.03. The fourth-order valence-electron chi connectivity index (χ4n) is 2.50. The van der Waals surface area contributed by atoms with Gasteiger partial charge in [0.25, 0.3) is 0 Å². The summed E-state index contributed by atoms with van der Waals surface area (Å²) in [5.74, 6) is -0.264. The molecule has 3 nitrogen and oxygen atoms in total. The molecule has 26 heavy (non-hydrogen) atoms. The summed E-state index contributed by atoms with van der Waals surface area (Å²) in [6.07, 6.45) is -3.72. The predicted octanol–water partition coefficient (Wildman–Crippen LogP) is 4.80. The molecular weight excluding hydrogens is 367 g/mol. The molecule has 0 spiro atoms. The summed E-state index contributed by atoms with van der Waals surface area (Å²) < 4.78 is 43.7.